The molecule has 0 atom stereocenters. The highest BCUT2D eigenvalue weighted by Crippen LogP contribution is 2.29. The van der Waals surface area contributed by atoms with Crippen LogP contribution in [0.5, 0.6) is 0 Å². The Morgan fingerprint density at radius 1 is 1.00 bits per heavy atom. The summed E-state index contributed by atoms with van der Waals surface area (Å²) in [5.41, 5.74) is 7.99. The lowest BCUT2D eigenvalue weighted by molar-refractivity contribution is 1.15. The van der Waals surface area contributed by atoms with Gasteiger partial charge < -0.3 is 16.4 Å². The van der Waals surface area contributed by atoms with E-state index in [9.17, 15) is 0 Å². The van der Waals surface area contributed by atoms with Crippen LogP contribution in [0.3, 0.4) is 0 Å². The van der Waals surface area contributed by atoms with Gasteiger partial charge in [0.25, 0.3) is 0 Å². The molecular weight excluding hydrogens is 314 g/mol. The molecule has 8 heteroatoms. The van der Waals surface area contributed by atoms with Crippen LogP contribution in [0.1, 0.15) is 5.69 Å². The molecule has 0 aliphatic heterocycles. The number of pyridine rings is 2. The number of nitrogens with zero attached hydrogens (tertiary/aromatic N) is 4. The van der Waals surface area contributed by atoms with Crippen molar-refractivity contribution in [2.45, 2.75) is 6.92 Å². The Hall–Kier alpha value is -2.93. The lowest BCUT2D eigenvalue weighted by atomic mass is 10.3. The van der Waals surface area contributed by atoms with Crippen molar-refractivity contribution in [3.63, 3.8) is 0 Å². The van der Waals surface area contributed by atoms with Crippen LogP contribution in [0.4, 0.5) is 28.8 Å². The highest BCUT2D eigenvalue weighted by molar-refractivity contribution is 6.32. The van der Waals surface area contributed by atoms with E-state index in [0.29, 0.717) is 34.0 Å². The lowest BCUT2D eigenvalue weighted by Gasteiger charge is -2.12. The Bertz CT molecular complexity index is 838. The minimum atomic E-state index is 0.334. The Balaban J connectivity index is 1.88. The number of nitrogens with one attached hydrogen (secondary N) is 2. The first-order chi connectivity index (χ1) is 11.1. The standard InChI is InChI=1S/C15H14ClN7/c1-9-4-2-6-11(21-9)23-15-12(17)14(19-8-20-15)22-10-5-3-7-18-13(10)16/h2-8H,17H2,1H3,(H2,19,20,21,22,23). The molecule has 7 nitrogen and oxygen atoms in total. The third-order valence-corrected chi connectivity index (χ3v) is 3.33. The normalized spacial score (nSPS) is 10.3. The number of aromatic nitrogens is 4. The van der Waals surface area contributed by atoms with Gasteiger partial charge in [0, 0.05) is 11.9 Å². The minimum Gasteiger partial charge on any atom is -0.393 e. The molecule has 116 valence electrons. The molecule has 3 heterocycles. The van der Waals surface area contributed by atoms with Crippen LogP contribution in [0.15, 0.2) is 42.9 Å². The smallest absolute Gasteiger partial charge is 0.160 e. The van der Waals surface area contributed by atoms with Crippen molar-refractivity contribution in [2.75, 3.05) is 16.4 Å². The molecule has 23 heavy (non-hydrogen) atoms. The van der Waals surface area contributed by atoms with Crippen molar-refractivity contribution < 1.29 is 0 Å². The maximum Gasteiger partial charge on any atom is 0.160 e. The molecule has 4 N–H and O–H groups in total. The van der Waals surface area contributed by atoms with E-state index in [1.54, 1.807) is 18.3 Å². The topological polar surface area (TPSA) is 102 Å². The van der Waals surface area contributed by atoms with E-state index in [-0.39, 0.29) is 0 Å². The Morgan fingerprint density at radius 2 is 1.78 bits per heavy atom. The van der Waals surface area contributed by atoms with E-state index < -0.39 is 0 Å². The second-order valence-electron chi connectivity index (χ2n) is 4.74. The molecule has 0 aliphatic carbocycles. The third-order valence-electron chi connectivity index (χ3n) is 3.03. The molecule has 0 spiro atoms. The number of hydrogen-bond donors (Lipinski definition) is 3. The van der Waals surface area contributed by atoms with Crippen molar-refractivity contribution in [3.8, 4) is 0 Å². The fourth-order valence-corrected chi connectivity index (χ4v) is 2.10. The van der Waals surface area contributed by atoms with Gasteiger partial charge in [-0.05, 0) is 31.2 Å². The van der Waals surface area contributed by atoms with Crippen LogP contribution in [-0.4, -0.2) is 19.9 Å². The lowest BCUT2D eigenvalue weighted by Crippen LogP contribution is -2.06. The predicted octanol–water partition coefficient (Wildman–Crippen LogP) is 3.30. The van der Waals surface area contributed by atoms with Crippen LogP contribution in [0.2, 0.25) is 5.15 Å². The van der Waals surface area contributed by atoms with Gasteiger partial charge in [-0.3, -0.25) is 0 Å². The number of halogens is 1. The molecule has 0 fully saturated rings. The Morgan fingerprint density at radius 3 is 2.52 bits per heavy atom. The molecule has 3 aromatic rings. The molecule has 0 bridgehead atoms. The number of anilines is 5. The summed E-state index contributed by atoms with van der Waals surface area (Å²) in [6.07, 6.45) is 3.01. The first-order valence-electron chi connectivity index (χ1n) is 6.82. The molecule has 0 radical (unpaired) electrons. The molecular formula is C15H14ClN7. The number of nitrogens with two attached hydrogens (primary N) is 1. The summed E-state index contributed by atoms with van der Waals surface area (Å²) in [7, 11) is 0. The van der Waals surface area contributed by atoms with Crippen molar-refractivity contribution in [3.05, 3.63) is 53.7 Å². The maximum absolute atomic E-state index is 6.13. The van der Waals surface area contributed by atoms with Gasteiger partial charge in [-0.15, -0.1) is 0 Å². The quantitative estimate of drug-likeness (QED) is 0.632. The SMILES string of the molecule is Cc1cccc(Nc2ncnc(Nc3cccnc3Cl)c2N)n1. The fourth-order valence-electron chi connectivity index (χ4n) is 1.94. The monoisotopic (exact) mass is 327 g/mol. The summed E-state index contributed by atoms with van der Waals surface area (Å²) in [5, 5.41) is 6.46. The average molecular weight is 328 g/mol. The van der Waals surface area contributed by atoms with E-state index in [0.717, 1.165) is 5.69 Å². The van der Waals surface area contributed by atoms with Gasteiger partial charge in [-0.2, -0.15) is 0 Å². The van der Waals surface area contributed by atoms with E-state index in [1.807, 2.05) is 25.1 Å². The van der Waals surface area contributed by atoms with Crippen molar-refractivity contribution in [2.24, 2.45) is 0 Å². The maximum atomic E-state index is 6.13. The number of hydrogen-bond acceptors (Lipinski definition) is 7. The molecule has 0 saturated heterocycles. The van der Waals surface area contributed by atoms with Crippen LogP contribution < -0.4 is 16.4 Å². The summed E-state index contributed by atoms with van der Waals surface area (Å²) in [5.74, 6) is 1.55. The molecule has 0 aliphatic rings. The Labute approximate surface area is 138 Å². The summed E-state index contributed by atoms with van der Waals surface area (Å²) in [4.78, 5) is 16.6. The van der Waals surface area contributed by atoms with E-state index in [2.05, 4.69) is 30.6 Å². The van der Waals surface area contributed by atoms with Crippen molar-refractivity contribution >= 4 is 40.4 Å². The largest absolute Gasteiger partial charge is 0.393 e. The summed E-state index contributed by atoms with van der Waals surface area (Å²) >= 11 is 6.03. The molecule has 3 rings (SSSR count). The minimum absolute atomic E-state index is 0.334. The number of nitrogen functional groups attached to an aromatic ring is 1. The Kier molecular flexibility index (Phi) is 4.20. The van der Waals surface area contributed by atoms with E-state index in [1.165, 1.54) is 6.33 Å². The highest BCUT2D eigenvalue weighted by atomic mass is 35.5. The van der Waals surface area contributed by atoms with Gasteiger partial charge >= 0.3 is 0 Å². The second-order valence-corrected chi connectivity index (χ2v) is 5.10. The van der Waals surface area contributed by atoms with E-state index >= 15 is 0 Å². The zero-order valence-corrected chi connectivity index (χ0v) is 13.0. The van der Waals surface area contributed by atoms with Gasteiger partial charge in [0.05, 0.1) is 5.69 Å². The van der Waals surface area contributed by atoms with Gasteiger partial charge in [0.1, 0.15) is 17.8 Å². The molecule has 0 amide bonds. The van der Waals surface area contributed by atoms with Gasteiger partial charge in [-0.25, -0.2) is 19.9 Å². The van der Waals surface area contributed by atoms with Gasteiger partial charge in [0.15, 0.2) is 16.8 Å². The molecule has 0 unspecified atom stereocenters. The molecule has 0 saturated carbocycles. The fraction of sp³-hybridized carbons (Fsp3) is 0.0667. The summed E-state index contributed by atoms with van der Waals surface area (Å²) in [6.45, 7) is 1.91. The van der Waals surface area contributed by atoms with Gasteiger partial charge in [-0.1, -0.05) is 17.7 Å². The van der Waals surface area contributed by atoms with Crippen molar-refractivity contribution in [1.82, 2.24) is 19.9 Å². The van der Waals surface area contributed by atoms with E-state index in [4.69, 9.17) is 17.3 Å². The summed E-state index contributed by atoms with van der Waals surface area (Å²) < 4.78 is 0. The zero-order valence-electron chi connectivity index (χ0n) is 12.3. The van der Waals surface area contributed by atoms with Crippen LogP contribution >= 0.6 is 11.6 Å². The van der Waals surface area contributed by atoms with Crippen LogP contribution in [0.25, 0.3) is 0 Å². The zero-order chi connectivity index (χ0) is 16.2. The number of aryl methyl sites for hydroxylation is 1. The van der Waals surface area contributed by atoms with Gasteiger partial charge in [0.2, 0.25) is 0 Å². The second kappa shape index (κ2) is 6.45. The highest BCUT2D eigenvalue weighted by Gasteiger charge is 2.10. The first kappa shape index (κ1) is 15.0. The average Bonchev–Trinajstić information content (AvgIpc) is 2.53. The summed E-state index contributed by atoms with van der Waals surface area (Å²) in [6, 6.07) is 9.19. The first-order valence-corrected chi connectivity index (χ1v) is 7.20. The number of rotatable bonds is 4. The van der Waals surface area contributed by atoms with Crippen molar-refractivity contribution in [1.29, 1.82) is 0 Å². The third kappa shape index (κ3) is 3.46. The molecule has 0 aromatic carbocycles. The van der Waals surface area contributed by atoms with Crippen LogP contribution in [-0.2, 0) is 0 Å². The van der Waals surface area contributed by atoms with Crippen LogP contribution in [0, 0.1) is 6.92 Å². The molecule has 3 aromatic heterocycles. The predicted molar refractivity (Wildman–Crippen MR) is 91.2 cm³/mol.